The molecule has 0 fully saturated rings. The Morgan fingerprint density at radius 3 is 2.67 bits per heavy atom. The van der Waals surface area contributed by atoms with Crippen molar-refractivity contribution in [1.82, 2.24) is 4.31 Å². The summed E-state index contributed by atoms with van der Waals surface area (Å²) in [5.74, 6) is -0.110. The number of thiocarbonyl (C=S) groups is 1. The van der Waals surface area contributed by atoms with E-state index in [0.29, 0.717) is 17.7 Å². The van der Waals surface area contributed by atoms with Gasteiger partial charge in [0.25, 0.3) is 0 Å². The minimum absolute atomic E-state index is 0.110. The minimum Gasteiger partial charge on any atom is -0.389 e. The van der Waals surface area contributed by atoms with Crippen LogP contribution in [-0.4, -0.2) is 24.8 Å². The molecule has 2 aromatic rings. The second-order valence-electron chi connectivity index (χ2n) is 4.67. The third kappa shape index (κ3) is 4.10. The van der Waals surface area contributed by atoms with Gasteiger partial charge >= 0.3 is 0 Å². The lowest BCUT2D eigenvalue weighted by molar-refractivity contribution is 0.466. The van der Waals surface area contributed by atoms with Gasteiger partial charge < -0.3 is 5.73 Å². The first-order chi connectivity index (χ1) is 9.90. The lowest BCUT2D eigenvalue weighted by atomic mass is 10.1. The number of nitrogens with zero attached hydrogens (tertiary/aromatic N) is 1. The number of thiophene rings is 1. The van der Waals surface area contributed by atoms with Crippen molar-refractivity contribution in [2.24, 2.45) is 5.73 Å². The summed E-state index contributed by atoms with van der Waals surface area (Å²) in [4.78, 5) is 0.210. The van der Waals surface area contributed by atoms with Crippen LogP contribution in [0.4, 0.5) is 0 Å². The van der Waals surface area contributed by atoms with E-state index in [4.69, 9.17) is 18.0 Å². The first kappa shape index (κ1) is 16.1. The molecular weight excluding hydrogens is 324 g/mol. The topological polar surface area (TPSA) is 63.4 Å². The Kier molecular flexibility index (Phi) is 5.10. The van der Waals surface area contributed by atoms with Crippen LogP contribution in [0, 0.1) is 0 Å². The van der Waals surface area contributed by atoms with Crippen LogP contribution in [-0.2, 0) is 22.3 Å². The van der Waals surface area contributed by atoms with Gasteiger partial charge in [0.05, 0.1) is 5.75 Å². The number of benzene rings is 1. The molecule has 2 N–H and O–H groups in total. The van der Waals surface area contributed by atoms with Crippen molar-refractivity contribution < 1.29 is 8.42 Å². The van der Waals surface area contributed by atoms with E-state index in [-0.39, 0.29) is 10.7 Å². The third-order valence-corrected chi connectivity index (χ3v) is 5.79. The van der Waals surface area contributed by atoms with Crippen molar-refractivity contribution in [1.29, 1.82) is 0 Å². The van der Waals surface area contributed by atoms with E-state index in [1.165, 1.54) is 4.31 Å². The van der Waals surface area contributed by atoms with Gasteiger partial charge in [-0.3, -0.25) is 0 Å². The highest BCUT2D eigenvalue weighted by Crippen LogP contribution is 2.17. The summed E-state index contributed by atoms with van der Waals surface area (Å²) in [7, 11) is -1.84. The molecule has 4 nitrogen and oxygen atoms in total. The molecule has 0 atom stereocenters. The maximum atomic E-state index is 12.4. The summed E-state index contributed by atoms with van der Waals surface area (Å²) in [6.45, 7) is 0.362. The summed E-state index contributed by atoms with van der Waals surface area (Å²) in [6, 6.07) is 8.97. The van der Waals surface area contributed by atoms with Gasteiger partial charge in [-0.25, -0.2) is 12.7 Å². The smallest absolute Gasteiger partial charge is 0.218 e. The van der Waals surface area contributed by atoms with Crippen LogP contribution in [0.3, 0.4) is 0 Å². The predicted octanol–water partition coefficient (Wildman–Crippen LogP) is 2.34. The van der Waals surface area contributed by atoms with Crippen LogP contribution in [0.25, 0.3) is 0 Å². The van der Waals surface area contributed by atoms with E-state index in [1.54, 1.807) is 42.6 Å². The Morgan fingerprint density at radius 2 is 2.05 bits per heavy atom. The minimum atomic E-state index is -3.42. The number of hydrogen-bond acceptors (Lipinski definition) is 4. The molecular formula is C14H16N2O2S3. The van der Waals surface area contributed by atoms with Crippen molar-refractivity contribution in [2.45, 2.75) is 12.3 Å². The summed E-state index contributed by atoms with van der Waals surface area (Å²) >= 11 is 6.52. The molecule has 21 heavy (non-hydrogen) atoms. The van der Waals surface area contributed by atoms with Gasteiger partial charge in [-0.15, -0.1) is 0 Å². The summed E-state index contributed by atoms with van der Waals surface area (Å²) in [6.07, 6.45) is 0. The number of nitrogens with two attached hydrogens (primary N) is 1. The quantitative estimate of drug-likeness (QED) is 0.820. The van der Waals surface area contributed by atoms with E-state index in [0.717, 1.165) is 5.56 Å². The van der Waals surface area contributed by atoms with Crippen molar-refractivity contribution in [3.05, 3.63) is 57.8 Å². The van der Waals surface area contributed by atoms with Crippen LogP contribution in [0.2, 0.25) is 0 Å². The van der Waals surface area contributed by atoms with Crippen LogP contribution >= 0.6 is 23.6 Å². The van der Waals surface area contributed by atoms with Crippen LogP contribution in [0.15, 0.2) is 41.1 Å². The molecule has 1 aromatic heterocycles. The fourth-order valence-corrected chi connectivity index (χ4v) is 4.00. The highest BCUT2D eigenvalue weighted by molar-refractivity contribution is 7.88. The zero-order valence-corrected chi connectivity index (χ0v) is 14.0. The average molecular weight is 340 g/mol. The number of rotatable bonds is 6. The van der Waals surface area contributed by atoms with Gasteiger partial charge in [0.1, 0.15) is 4.99 Å². The van der Waals surface area contributed by atoms with Crippen molar-refractivity contribution in [2.75, 3.05) is 7.05 Å². The number of sulfonamides is 1. The fraction of sp³-hybridized carbons (Fsp3) is 0.214. The second-order valence-corrected chi connectivity index (χ2v) is 7.96. The summed E-state index contributed by atoms with van der Waals surface area (Å²) in [5.41, 5.74) is 7.86. The normalized spacial score (nSPS) is 11.7. The predicted molar refractivity (Wildman–Crippen MR) is 90.7 cm³/mol. The van der Waals surface area contributed by atoms with E-state index < -0.39 is 10.0 Å². The van der Waals surface area contributed by atoms with Crippen LogP contribution < -0.4 is 5.73 Å². The molecule has 0 aliphatic heterocycles. The maximum absolute atomic E-state index is 12.4. The SMILES string of the molecule is CN(Cc1ccsc1)S(=O)(=O)Cc1ccccc1C(N)=S. The molecule has 0 unspecified atom stereocenters. The van der Waals surface area contributed by atoms with Crippen LogP contribution in [0.1, 0.15) is 16.7 Å². The second kappa shape index (κ2) is 6.65. The van der Waals surface area contributed by atoms with Gasteiger partial charge in [-0.1, -0.05) is 36.5 Å². The monoisotopic (exact) mass is 340 g/mol. The lowest BCUT2D eigenvalue weighted by Gasteiger charge is -2.17. The van der Waals surface area contributed by atoms with E-state index in [1.807, 2.05) is 16.8 Å². The fourth-order valence-electron chi connectivity index (χ4n) is 1.93. The largest absolute Gasteiger partial charge is 0.389 e. The van der Waals surface area contributed by atoms with Gasteiger partial charge in [0, 0.05) is 19.2 Å². The molecule has 0 spiro atoms. The van der Waals surface area contributed by atoms with Crippen molar-refractivity contribution in [3.8, 4) is 0 Å². The molecule has 0 saturated heterocycles. The molecule has 1 aromatic carbocycles. The summed E-state index contributed by atoms with van der Waals surface area (Å²) < 4.78 is 26.2. The molecule has 1 heterocycles. The van der Waals surface area contributed by atoms with Gasteiger partial charge in [0.15, 0.2) is 0 Å². The Balaban J connectivity index is 2.19. The lowest BCUT2D eigenvalue weighted by Crippen LogP contribution is -2.28. The molecule has 0 amide bonds. The van der Waals surface area contributed by atoms with Crippen molar-refractivity contribution in [3.63, 3.8) is 0 Å². The average Bonchev–Trinajstić information content (AvgIpc) is 2.91. The molecule has 0 radical (unpaired) electrons. The summed E-state index contributed by atoms with van der Waals surface area (Å²) in [5, 5.41) is 3.87. The number of hydrogen-bond donors (Lipinski definition) is 1. The highest BCUT2D eigenvalue weighted by Gasteiger charge is 2.20. The Bertz CT molecular complexity index is 724. The Hall–Kier alpha value is -1.28. The first-order valence-corrected chi connectivity index (χ1v) is 9.19. The molecule has 0 bridgehead atoms. The molecule has 0 saturated carbocycles. The first-order valence-electron chi connectivity index (χ1n) is 6.23. The van der Waals surface area contributed by atoms with Crippen molar-refractivity contribution >= 4 is 38.6 Å². The zero-order valence-electron chi connectivity index (χ0n) is 11.5. The van der Waals surface area contributed by atoms with Gasteiger partial charge in [-0.05, 0) is 28.0 Å². The van der Waals surface area contributed by atoms with E-state index in [2.05, 4.69) is 0 Å². The maximum Gasteiger partial charge on any atom is 0.218 e. The standard InChI is InChI=1S/C14H16N2O2S3/c1-16(8-11-6-7-20-9-11)21(17,18)10-12-4-2-3-5-13(12)14(15)19/h2-7,9H,8,10H2,1H3,(H2,15,19). The molecule has 0 aliphatic rings. The van der Waals surface area contributed by atoms with Crippen LogP contribution in [0.5, 0.6) is 0 Å². The van der Waals surface area contributed by atoms with E-state index in [9.17, 15) is 8.42 Å². The van der Waals surface area contributed by atoms with Gasteiger partial charge in [0.2, 0.25) is 10.0 Å². The highest BCUT2D eigenvalue weighted by atomic mass is 32.2. The Labute approximate surface area is 134 Å². The third-order valence-electron chi connectivity index (χ3n) is 3.08. The molecule has 7 heteroatoms. The molecule has 112 valence electrons. The Morgan fingerprint density at radius 1 is 1.33 bits per heavy atom. The molecule has 0 aliphatic carbocycles. The van der Waals surface area contributed by atoms with Gasteiger partial charge in [-0.2, -0.15) is 11.3 Å². The van der Waals surface area contributed by atoms with E-state index >= 15 is 0 Å². The molecule has 2 rings (SSSR count). The zero-order chi connectivity index (χ0) is 15.5.